The molecule has 0 unspecified atom stereocenters. The van der Waals surface area contributed by atoms with E-state index in [4.69, 9.17) is 10.5 Å². The van der Waals surface area contributed by atoms with E-state index in [0.717, 1.165) is 18.8 Å². The lowest BCUT2D eigenvalue weighted by molar-refractivity contribution is 0.321. The van der Waals surface area contributed by atoms with Gasteiger partial charge >= 0.3 is 0 Å². The third-order valence-corrected chi connectivity index (χ3v) is 3.30. The van der Waals surface area contributed by atoms with Crippen LogP contribution in [-0.2, 0) is 0 Å². The number of hydrogen-bond donors (Lipinski definition) is 1. The zero-order valence-electron chi connectivity index (χ0n) is 12.0. The molecule has 1 aliphatic heterocycles. The van der Waals surface area contributed by atoms with Crippen LogP contribution in [0.3, 0.4) is 0 Å². The van der Waals surface area contributed by atoms with E-state index >= 15 is 0 Å². The van der Waals surface area contributed by atoms with E-state index in [1.807, 2.05) is 18.2 Å². The SMILES string of the molecule is Cc1cccc(OCCN=C(N)N2CCCCC2)c1.I. The fourth-order valence-corrected chi connectivity index (χ4v) is 2.25. The summed E-state index contributed by atoms with van der Waals surface area (Å²) in [6.07, 6.45) is 3.74. The molecule has 1 aromatic rings. The van der Waals surface area contributed by atoms with Crippen molar-refractivity contribution in [1.82, 2.24) is 4.90 Å². The smallest absolute Gasteiger partial charge is 0.191 e. The normalized spacial score (nSPS) is 15.7. The number of benzene rings is 1. The Morgan fingerprint density at radius 2 is 2.05 bits per heavy atom. The summed E-state index contributed by atoms with van der Waals surface area (Å²) in [6.45, 7) is 5.30. The monoisotopic (exact) mass is 389 g/mol. The summed E-state index contributed by atoms with van der Waals surface area (Å²) in [4.78, 5) is 6.54. The van der Waals surface area contributed by atoms with E-state index in [-0.39, 0.29) is 24.0 Å². The molecule has 0 saturated carbocycles. The summed E-state index contributed by atoms with van der Waals surface area (Å²) in [5, 5.41) is 0. The number of rotatable bonds is 4. The van der Waals surface area contributed by atoms with Crippen LogP contribution in [0.25, 0.3) is 0 Å². The minimum Gasteiger partial charge on any atom is -0.492 e. The van der Waals surface area contributed by atoms with E-state index in [9.17, 15) is 0 Å². The van der Waals surface area contributed by atoms with Crippen LogP contribution in [0.1, 0.15) is 24.8 Å². The van der Waals surface area contributed by atoms with Crippen LogP contribution in [-0.4, -0.2) is 37.1 Å². The highest BCUT2D eigenvalue weighted by Gasteiger charge is 2.11. The van der Waals surface area contributed by atoms with Gasteiger partial charge in [-0.1, -0.05) is 12.1 Å². The van der Waals surface area contributed by atoms with E-state index in [1.165, 1.54) is 24.8 Å². The van der Waals surface area contributed by atoms with Crippen LogP contribution in [0, 0.1) is 6.92 Å². The molecule has 0 atom stereocenters. The van der Waals surface area contributed by atoms with Crippen LogP contribution < -0.4 is 10.5 Å². The number of nitrogens with zero attached hydrogens (tertiary/aromatic N) is 2. The Kier molecular flexibility index (Phi) is 7.72. The van der Waals surface area contributed by atoms with Gasteiger partial charge in [-0.05, 0) is 43.9 Å². The first-order valence-electron chi connectivity index (χ1n) is 7.00. The second-order valence-electron chi connectivity index (χ2n) is 4.95. The number of likely N-dealkylation sites (tertiary alicyclic amines) is 1. The Labute approximate surface area is 138 Å². The third kappa shape index (κ3) is 5.56. The Balaban J connectivity index is 0.00000200. The van der Waals surface area contributed by atoms with Gasteiger partial charge in [0.15, 0.2) is 5.96 Å². The first-order chi connectivity index (χ1) is 9.25. The molecule has 2 rings (SSSR count). The molecule has 0 bridgehead atoms. The van der Waals surface area contributed by atoms with Gasteiger partial charge in [-0.2, -0.15) is 0 Å². The molecule has 20 heavy (non-hydrogen) atoms. The summed E-state index contributed by atoms with van der Waals surface area (Å²) in [5.41, 5.74) is 7.17. The number of hydrogen-bond acceptors (Lipinski definition) is 2. The van der Waals surface area contributed by atoms with E-state index < -0.39 is 0 Å². The lowest BCUT2D eigenvalue weighted by atomic mass is 10.1. The third-order valence-electron chi connectivity index (χ3n) is 3.30. The van der Waals surface area contributed by atoms with Crippen molar-refractivity contribution in [2.75, 3.05) is 26.2 Å². The number of halogens is 1. The Morgan fingerprint density at radius 3 is 2.75 bits per heavy atom. The molecule has 1 fully saturated rings. The molecule has 1 saturated heterocycles. The molecule has 1 aromatic carbocycles. The van der Waals surface area contributed by atoms with Crippen molar-refractivity contribution in [2.45, 2.75) is 26.2 Å². The van der Waals surface area contributed by atoms with Gasteiger partial charge in [0, 0.05) is 13.1 Å². The molecule has 0 amide bonds. The highest BCUT2D eigenvalue weighted by molar-refractivity contribution is 14.0. The molecule has 0 radical (unpaired) electrons. The molecule has 1 heterocycles. The molecular weight excluding hydrogens is 365 g/mol. The van der Waals surface area contributed by atoms with Crippen LogP contribution >= 0.6 is 24.0 Å². The zero-order chi connectivity index (χ0) is 13.5. The van der Waals surface area contributed by atoms with Gasteiger partial charge in [-0.3, -0.25) is 0 Å². The average molecular weight is 389 g/mol. The van der Waals surface area contributed by atoms with Gasteiger partial charge in [0.2, 0.25) is 0 Å². The largest absolute Gasteiger partial charge is 0.492 e. The van der Waals surface area contributed by atoms with E-state index in [0.29, 0.717) is 19.1 Å². The maximum atomic E-state index is 5.97. The van der Waals surface area contributed by atoms with Crippen LogP contribution in [0.15, 0.2) is 29.3 Å². The van der Waals surface area contributed by atoms with Gasteiger partial charge in [0.25, 0.3) is 0 Å². The van der Waals surface area contributed by atoms with Gasteiger partial charge in [-0.15, -0.1) is 24.0 Å². The fraction of sp³-hybridized carbons (Fsp3) is 0.533. The summed E-state index contributed by atoms with van der Waals surface area (Å²) >= 11 is 0. The summed E-state index contributed by atoms with van der Waals surface area (Å²) in [7, 11) is 0. The topological polar surface area (TPSA) is 50.9 Å². The predicted octanol–water partition coefficient (Wildman–Crippen LogP) is 2.79. The van der Waals surface area contributed by atoms with Gasteiger partial charge in [-0.25, -0.2) is 4.99 Å². The number of piperidine rings is 1. The first-order valence-corrected chi connectivity index (χ1v) is 7.00. The molecule has 0 spiro atoms. The molecule has 1 aliphatic rings. The number of aryl methyl sites for hydroxylation is 1. The van der Waals surface area contributed by atoms with Crippen molar-refractivity contribution in [3.05, 3.63) is 29.8 Å². The highest BCUT2D eigenvalue weighted by atomic mass is 127. The average Bonchev–Trinajstić information content (AvgIpc) is 2.44. The second-order valence-corrected chi connectivity index (χ2v) is 4.95. The number of nitrogens with two attached hydrogens (primary N) is 1. The van der Waals surface area contributed by atoms with Gasteiger partial charge < -0.3 is 15.4 Å². The lowest BCUT2D eigenvalue weighted by Gasteiger charge is -2.27. The summed E-state index contributed by atoms with van der Waals surface area (Å²) < 4.78 is 5.64. The Morgan fingerprint density at radius 1 is 1.30 bits per heavy atom. The Hall–Kier alpha value is -0.980. The minimum atomic E-state index is 0. The number of ether oxygens (including phenoxy) is 1. The van der Waals surface area contributed by atoms with Crippen molar-refractivity contribution in [2.24, 2.45) is 10.7 Å². The zero-order valence-corrected chi connectivity index (χ0v) is 14.4. The molecule has 2 N–H and O–H groups in total. The van der Waals surface area contributed by atoms with Crippen LogP contribution in [0.2, 0.25) is 0 Å². The van der Waals surface area contributed by atoms with Crippen molar-refractivity contribution in [3.8, 4) is 5.75 Å². The quantitative estimate of drug-likeness (QED) is 0.373. The van der Waals surface area contributed by atoms with Gasteiger partial charge in [0.1, 0.15) is 12.4 Å². The number of guanidine groups is 1. The standard InChI is InChI=1S/C15H23N3O.HI/c1-13-6-5-7-14(12-13)19-11-8-17-15(16)18-9-3-2-4-10-18;/h5-7,12H,2-4,8-11H2,1H3,(H2,16,17);1H. The fourth-order valence-electron chi connectivity index (χ4n) is 2.25. The maximum absolute atomic E-state index is 5.97. The second kappa shape index (κ2) is 9.05. The molecule has 0 aliphatic carbocycles. The van der Waals surface area contributed by atoms with Crippen molar-refractivity contribution < 1.29 is 4.74 Å². The molecule has 112 valence electrons. The maximum Gasteiger partial charge on any atom is 0.191 e. The summed E-state index contributed by atoms with van der Waals surface area (Å²) in [6, 6.07) is 8.04. The molecule has 0 aromatic heterocycles. The Bertz CT molecular complexity index is 431. The van der Waals surface area contributed by atoms with E-state index in [1.54, 1.807) is 0 Å². The molecular formula is C15H24IN3O. The highest BCUT2D eigenvalue weighted by Crippen LogP contribution is 2.12. The van der Waals surface area contributed by atoms with Crippen molar-refractivity contribution in [1.29, 1.82) is 0 Å². The van der Waals surface area contributed by atoms with Crippen molar-refractivity contribution >= 4 is 29.9 Å². The minimum absolute atomic E-state index is 0. The predicted molar refractivity (Wildman–Crippen MR) is 94.0 cm³/mol. The first kappa shape index (κ1) is 17.1. The van der Waals surface area contributed by atoms with E-state index in [2.05, 4.69) is 22.9 Å². The lowest BCUT2D eigenvalue weighted by Crippen LogP contribution is -2.41. The van der Waals surface area contributed by atoms with Gasteiger partial charge in [0.05, 0.1) is 6.54 Å². The summed E-state index contributed by atoms with van der Waals surface area (Å²) in [5.74, 6) is 1.55. The molecule has 5 heteroatoms. The molecule has 4 nitrogen and oxygen atoms in total. The van der Waals surface area contributed by atoms with Crippen LogP contribution in [0.4, 0.5) is 0 Å². The number of aliphatic imine (C=N–C) groups is 1. The van der Waals surface area contributed by atoms with Crippen LogP contribution in [0.5, 0.6) is 5.75 Å². The van der Waals surface area contributed by atoms with Crippen molar-refractivity contribution in [3.63, 3.8) is 0 Å².